The summed E-state index contributed by atoms with van der Waals surface area (Å²) >= 11 is 5.59. The van der Waals surface area contributed by atoms with E-state index in [0.717, 1.165) is 6.04 Å². The summed E-state index contributed by atoms with van der Waals surface area (Å²) in [6, 6.07) is 1.48. The van der Waals surface area contributed by atoms with E-state index in [9.17, 15) is 0 Å². The molecule has 0 unspecified atom stereocenters. The molecule has 0 saturated heterocycles. The predicted octanol–water partition coefficient (Wildman–Crippen LogP) is 1.67. The molecule has 0 N–H and O–H groups in total. The average Bonchev–Trinajstić information content (AvgIpc) is 1.62. The van der Waals surface area contributed by atoms with E-state index in [1.54, 1.807) is 0 Å². The van der Waals surface area contributed by atoms with E-state index in [0.29, 0.717) is 6.00 Å². The second-order valence-corrected chi connectivity index (χ2v) is 2.70. The van der Waals surface area contributed by atoms with Gasteiger partial charge in [0.1, 0.15) is 0 Å². The Morgan fingerprint density at radius 1 is 1.62 bits per heavy atom. The van der Waals surface area contributed by atoms with Crippen molar-refractivity contribution in [3.8, 4) is 0 Å². The Morgan fingerprint density at radius 2 is 2.25 bits per heavy atom. The van der Waals surface area contributed by atoms with E-state index in [4.69, 9.17) is 11.6 Å². The molecule has 0 aromatic heterocycles. The zero-order chi connectivity index (χ0) is 5.98. The van der Waals surface area contributed by atoms with E-state index >= 15 is 0 Å². The van der Waals surface area contributed by atoms with Crippen LogP contribution in [0.3, 0.4) is 0 Å². The van der Waals surface area contributed by atoms with Gasteiger partial charge in [-0.05, 0) is 19.9 Å². The Morgan fingerprint density at radius 3 is 2.38 bits per heavy atom. The quantitative estimate of drug-likeness (QED) is 0.409. The van der Waals surface area contributed by atoms with Gasteiger partial charge in [-0.25, -0.2) is 0 Å². The molecular weight excluding hydrogens is 122 g/mol. The highest BCUT2D eigenvalue weighted by molar-refractivity contribution is 6.17. The summed E-state index contributed by atoms with van der Waals surface area (Å²) in [5, 5.41) is 0. The van der Waals surface area contributed by atoms with Gasteiger partial charge in [0.2, 0.25) is 0 Å². The maximum absolute atomic E-state index is 5.59. The summed E-state index contributed by atoms with van der Waals surface area (Å²) in [5.41, 5.74) is 0. The third-order valence-electron chi connectivity index (χ3n) is 1.89. The fourth-order valence-electron chi connectivity index (χ4n) is 0.925. The van der Waals surface area contributed by atoms with Crippen LogP contribution in [0.4, 0.5) is 0 Å². The molecule has 0 radical (unpaired) electrons. The van der Waals surface area contributed by atoms with E-state index in [1.165, 1.54) is 19.3 Å². The smallest absolute Gasteiger partial charge is 0.0738 e. The molecule has 0 spiro atoms. The summed E-state index contributed by atoms with van der Waals surface area (Å²) in [7, 11) is 2.08. The highest BCUT2D eigenvalue weighted by Crippen LogP contribution is 2.23. The van der Waals surface area contributed by atoms with E-state index in [2.05, 4.69) is 11.9 Å². The molecule has 0 bridgehead atoms. The minimum Gasteiger partial charge on any atom is -0.290 e. The molecule has 0 atom stereocenters. The maximum Gasteiger partial charge on any atom is 0.0738 e. The van der Waals surface area contributed by atoms with Crippen LogP contribution in [0.2, 0.25) is 0 Å². The van der Waals surface area contributed by atoms with Crippen LogP contribution >= 0.6 is 11.6 Å². The number of hydrogen-bond acceptors (Lipinski definition) is 1. The third kappa shape index (κ3) is 1.15. The Labute approximate surface area is 55.6 Å². The Balaban J connectivity index is 2.13. The van der Waals surface area contributed by atoms with Crippen LogP contribution in [0.15, 0.2) is 0 Å². The van der Waals surface area contributed by atoms with Crippen LogP contribution < -0.4 is 0 Å². The highest BCUT2D eigenvalue weighted by Gasteiger charge is 2.20. The van der Waals surface area contributed by atoms with Crippen molar-refractivity contribution >= 4 is 11.6 Å². The molecule has 1 aliphatic rings. The number of hydrogen-bond donors (Lipinski definition) is 0. The lowest BCUT2D eigenvalue weighted by atomic mass is 9.92. The van der Waals surface area contributed by atoms with Crippen molar-refractivity contribution in [2.75, 3.05) is 13.1 Å². The topological polar surface area (TPSA) is 3.24 Å². The van der Waals surface area contributed by atoms with Crippen molar-refractivity contribution in [2.24, 2.45) is 0 Å². The van der Waals surface area contributed by atoms with E-state index < -0.39 is 0 Å². The first-order chi connectivity index (χ1) is 3.84. The van der Waals surface area contributed by atoms with Crippen LogP contribution in [-0.4, -0.2) is 24.0 Å². The molecular formula is C6H12ClN. The molecule has 0 aromatic carbocycles. The third-order valence-corrected chi connectivity index (χ3v) is 2.26. The lowest BCUT2D eigenvalue weighted by molar-refractivity contribution is 0.184. The summed E-state index contributed by atoms with van der Waals surface area (Å²) in [4.78, 5) is 2.20. The molecule has 0 aliphatic heterocycles. The van der Waals surface area contributed by atoms with Crippen LogP contribution in [0.25, 0.3) is 0 Å². The van der Waals surface area contributed by atoms with Crippen molar-refractivity contribution in [2.45, 2.75) is 25.3 Å². The van der Waals surface area contributed by atoms with Crippen molar-refractivity contribution < 1.29 is 0 Å². The second kappa shape index (κ2) is 2.70. The SMILES string of the molecule is CN(CCl)C1CCC1. The fourth-order valence-corrected chi connectivity index (χ4v) is 1.12. The lowest BCUT2D eigenvalue weighted by Gasteiger charge is -2.32. The molecule has 1 fully saturated rings. The van der Waals surface area contributed by atoms with Crippen LogP contribution in [-0.2, 0) is 0 Å². The van der Waals surface area contributed by atoms with Crippen molar-refractivity contribution in [3.05, 3.63) is 0 Å². The molecule has 48 valence electrons. The first kappa shape index (κ1) is 6.37. The molecule has 1 saturated carbocycles. The Hall–Kier alpha value is 0.250. The largest absolute Gasteiger partial charge is 0.290 e. The first-order valence-corrected chi connectivity index (χ1v) is 3.64. The van der Waals surface area contributed by atoms with Gasteiger partial charge in [0.15, 0.2) is 0 Å². The zero-order valence-corrected chi connectivity index (χ0v) is 5.99. The fraction of sp³-hybridized carbons (Fsp3) is 1.00. The molecule has 2 heteroatoms. The zero-order valence-electron chi connectivity index (χ0n) is 5.23. The van der Waals surface area contributed by atoms with Gasteiger partial charge >= 0.3 is 0 Å². The first-order valence-electron chi connectivity index (χ1n) is 3.11. The Bertz CT molecular complexity index is 68.2. The van der Waals surface area contributed by atoms with E-state index in [-0.39, 0.29) is 0 Å². The van der Waals surface area contributed by atoms with Crippen LogP contribution in [0.1, 0.15) is 19.3 Å². The summed E-state index contributed by atoms with van der Waals surface area (Å²) in [6.45, 7) is 0. The van der Waals surface area contributed by atoms with Gasteiger partial charge in [-0.2, -0.15) is 0 Å². The van der Waals surface area contributed by atoms with Gasteiger partial charge in [0.05, 0.1) is 6.00 Å². The highest BCUT2D eigenvalue weighted by atomic mass is 35.5. The lowest BCUT2D eigenvalue weighted by Crippen LogP contribution is -2.36. The monoisotopic (exact) mass is 133 g/mol. The number of rotatable bonds is 2. The standard InChI is InChI=1S/C6H12ClN/c1-8(5-7)6-3-2-4-6/h6H,2-5H2,1H3. The minimum atomic E-state index is 0.685. The average molecular weight is 134 g/mol. The minimum absolute atomic E-state index is 0.685. The maximum atomic E-state index is 5.59. The molecule has 0 amide bonds. The molecule has 8 heavy (non-hydrogen) atoms. The van der Waals surface area contributed by atoms with E-state index in [1.807, 2.05) is 0 Å². The molecule has 0 heterocycles. The summed E-state index contributed by atoms with van der Waals surface area (Å²) < 4.78 is 0. The number of alkyl halides is 1. The van der Waals surface area contributed by atoms with Crippen LogP contribution in [0, 0.1) is 0 Å². The van der Waals surface area contributed by atoms with Gasteiger partial charge < -0.3 is 0 Å². The normalized spacial score (nSPS) is 21.4. The predicted molar refractivity (Wildman–Crippen MR) is 36.1 cm³/mol. The van der Waals surface area contributed by atoms with Gasteiger partial charge in [-0.15, -0.1) is 11.6 Å². The van der Waals surface area contributed by atoms with Gasteiger partial charge in [0.25, 0.3) is 0 Å². The Kier molecular flexibility index (Phi) is 2.15. The van der Waals surface area contributed by atoms with Crippen molar-refractivity contribution in [1.29, 1.82) is 0 Å². The number of halogens is 1. The number of nitrogens with zero attached hydrogens (tertiary/aromatic N) is 1. The molecule has 1 rings (SSSR count). The molecule has 1 aliphatic carbocycles. The van der Waals surface area contributed by atoms with Crippen molar-refractivity contribution in [1.82, 2.24) is 4.90 Å². The van der Waals surface area contributed by atoms with Gasteiger partial charge in [-0.1, -0.05) is 6.42 Å². The van der Waals surface area contributed by atoms with Crippen molar-refractivity contribution in [3.63, 3.8) is 0 Å². The molecule has 1 nitrogen and oxygen atoms in total. The summed E-state index contributed by atoms with van der Waals surface area (Å²) in [6.07, 6.45) is 4.10. The van der Waals surface area contributed by atoms with Gasteiger partial charge in [0, 0.05) is 6.04 Å². The molecule has 0 aromatic rings. The van der Waals surface area contributed by atoms with Crippen LogP contribution in [0.5, 0.6) is 0 Å². The second-order valence-electron chi connectivity index (χ2n) is 2.46. The summed E-state index contributed by atoms with van der Waals surface area (Å²) in [5.74, 6) is 0. The van der Waals surface area contributed by atoms with Gasteiger partial charge in [-0.3, -0.25) is 4.90 Å².